The normalized spacial score (nSPS) is 15.8. The van der Waals surface area contributed by atoms with E-state index in [-0.39, 0.29) is 11.8 Å². The minimum atomic E-state index is -0.383. The summed E-state index contributed by atoms with van der Waals surface area (Å²) in [5, 5.41) is 0. The molecule has 1 aliphatic heterocycles. The van der Waals surface area contributed by atoms with Crippen molar-refractivity contribution < 1.29 is 14.3 Å². The quantitative estimate of drug-likeness (QED) is 0.579. The highest BCUT2D eigenvalue weighted by Gasteiger charge is 2.23. The molecule has 0 atom stereocenters. The molecule has 1 aromatic rings. The van der Waals surface area contributed by atoms with Gasteiger partial charge in [0.1, 0.15) is 0 Å². The lowest BCUT2D eigenvalue weighted by molar-refractivity contribution is -0.139. The van der Waals surface area contributed by atoms with Gasteiger partial charge in [-0.3, -0.25) is 4.79 Å². The third kappa shape index (κ3) is 2.28. The first-order chi connectivity index (χ1) is 8.09. The second-order valence-corrected chi connectivity index (χ2v) is 4.18. The molecule has 1 heterocycles. The molecule has 3 heteroatoms. The Balaban J connectivity index is 2.34. The van der Waals surface area contributed by atoms with Crippen LogP contribution in [0.2, 0.25) is 0 Å². The van der Waals surface area contributed by atoms with Crippen LogP contribution in [-0.2, 0) is 9.53 Å². The lowest BCUT2D eigenvalue weighted by Crippen LogP contribution is -2.20. The lowest BCUT2D eigenvalue weighted by Gasteiger charge is -2.16. The van der Waals surface area contributed by atoms with Gasteiger partial charge < -0.3 is 4.74 Å². The monoisotopic (exact) mass is 230 g/mol. The van der Waals surface area contributed by atoms with E-state index in [2.05, 4.69) is 0 Å². The summed E-state index contributed by atoms with van der Waals surface area (Å²) in [5.74, 6) is -0.453. The smallest absolute Gasteiger partial charge is 0.334 e. The maximum Gasteiger partial charge on any atom is 0.334 e. The summed E-state index contributed by atoms with van der Waals surface area (Å²) < 4.78 is 4.88. The van der Waals surface area contributed by atoms with Gasteiger partial charge in [0.15, 0.2) is 5.78 Å². The molecule has 0 radical (unpaired) electrons. The van der Waals surface area contributed by atoms with Crippen molar-refractivity contribution in [2.45, 2.75) is 20.3 Å². The Morgan fingerprint density at radius 2 is 1.82 bits per heavy atom. The molecular formula is C14H14O3. The molecule has 1 aliphatic rings. The molecular weight excluding hydrogens is 216 g/mol. The fraction of sp³-hybridized carbons (Fsp3) is 0.286. The molecule has 0 amide bonds. The van der Waals surface area contributed by atoms with E-state index in [4.69, 9.17) is 4.74 Å². The first-order valence-electron chi connectivity index (χ1n) is 5.58. The molecule has 0 aromatic heterocycles. The zero-order valence-corrected chi connectivity index (χ0v) is 9.95. The lowest BCUT2D eigenvalue weighted by atomic mass is 9.95. The third-order valence-corrected chi connectivity index (χ3v) is 2.93. The second-order valence-electron chi connectivity index (χ2n) is 4.18. The topological polar surface area (TPSA) is 43.4 Å². The SMILES string of the molecule is CC1=C(C(=O)c2ccc(C)cc2)CCOC1=O. The predicted octanol–water partition coefficient (Wildman–Crippen LogP) is 2.44. The van der Waals surface area contributed by atoms with Gasteiger partial charge in [0.25, 0.3) is 0 Å². The number of ether oxygens (including phenoxy) is 1. The zero-order chi connectivity index (χ0) is 12.4. The Morgan fingerprint density at radius 3 is 2.47 bits per heavy atom. The summed E-state index contributed by atoms with van der Waals surface area (Å²) in [4.78, 5) is 23.6. The van der Waals surface area contributed by atoms with Gasteiger partial charge in [0, 0.05) is 23.1 Å². The fourth-order valence-electron chi connectivity index (χ4n) is 1.83. The van der Waals surface area contributed by atoms with E-state index in [9.17, 15) is 9.59 Å². The van der Waals surface area contributed by atoms with Crippen molar-refractivity contribution in [2.24, 2.45) is 0 Å². The van der Waals surface area contributed by atoms with Crippen molar-refractivity contribution in [3.05, 3.63) is 46.5 Å². The minimum absolute atomic E-state index is 0.0702. The van der Waals surface area contributed by atoms with Gasteiger partial charge in [-0.2, -0.15) is 0 Å². The van der Waals surface area contributed by atoms with Crippen molar-refractivity contribution in [3.8, 4) is 0 Å². The molecule has 0 spiro atoms. The maximum atomic E-state index is 12.2. The average Bonchev–Trinajstić information content (AvgIpc) is 2.33. The van der Waals surface area contributed by atoms with Crippen LogP contribution in [0.4, 0.5) is 0 Å². The van der Waals surface area contributed by atoms with Crippen LogP contribution in [0.3, 0.4) is 0 Å². The van der Waals surface area contributed by atoms with Gasteiger partial charge in [-0.05, 0) is 13.8 Å². The fourth-order valence-corrected chi connectivity index (χ4v) is 1.83. The largest absolute Gasteiger partial charge is 0.462 e. The molecule has 0 N–H and O–H groups in total. The highest BCUT2D eigenvalue weighted by Crippen LogP contribution is 2.21. The third-order valence-electron chi connectivity index (χ3n) is 2.93. The number of Topliss-reactive ketones (excluding diaryl/α,β-unsaturated/α-hetero) is 1. The molecule has 1 aromatic carbocycles. The number of aryl methyl sites for hydroxylation is 1. The summed E-state index contributed by atoms with van der Waals surface area (Å²) in [7, 11) is 0. The Morgan fingerprint density at radius 1 is 1.18 bits per heavy atom. The zero-order valence-electron chi connectivity index (χ0n) is 9.95. The van der Waals surface area contributed by atoms with Crippen LogP contribution in [0, 0.1) is 6.92 Å². The van der Waals surface area contributed by atoms with Crippen molar-refractivity contribution in [3.63, 3.8) is 0 Å². The Bertz CT molecular complexity index is 495. The van der Waals surface area contributed by atoms with Crippen LogP contribution < -0.4 is 0 Å². The molecule has 0 saturated carbocycles. The second kappa shape index (κ2) is 4.53. The highest BCUT2D eigenvalue weighted by atomic mass is 16.5. The van der Waals surface area contributed by atoms with E-state index in [1.165, 1.54) is 0 Å². The number of carbonyl (C=O) groups excluding carboxylic acids is 2. The Hall–Kier alpha value is -1.90. The van der Waals surface area contributed by atoms with E-state index >= 15 is 0 Å². The molecule has 0 saturated heterocycles. The number of esters is 1. The number of cyclic esters (lactones) is 1. The van der Waals surface area contributed by atoms with Crippen molar-refractivity contribution in [2.75, 3.05) is 6.61 Å². The van der Waals surface area contributed by atoms with Gasteiger partial charge in [-0.15, -0.1) is 0 Å². The van der Waals surface area contributed by atoms with E-state index < -0.39 is 0 Å². The van der Waals surface area contributed by atoms with Gasteiger partial charge >= 0.3 is 5.97 Å². The first kappa shape index (κ1) is 11.6. The number of carbonyl (C=O) groups is 2. The van der Waals surface area contributed by atoms with Crippen LogP contribution in [0.25, 0.3) is 0 Å². The van der Waals surface area contributed by atoms with E-state index in [1.54, 1.807) is 19.1 Å². The van der Waals surface area contributed by atoms with Crippen molar-refractivity contribution in [1.29, 1.82) is 0 Å². The standard InChI is InChI=1S/C14H14O3/c1-9-3-5-11(6-4-9)13(15)12-7-8-17-14(16)10(12)2/h3-6H,7-8H2,1-2H3. The summed E-state index contributed by atoms with van der Waals surface area (Å²) in [6, 6.07) is 7.37. The van der Waals surface area contributed by atoms with E-state index in [1.807, 2.05) is 19.1 Å². The van der Waals surface area contributed by atoms with Gasteiger partial charge in [-0.25, -0.2) is 4.79 Å². The van der Waals surface area contributed by atoms with E-state index in [0.717, 1.165) is 5.56 Å². The van der Waals surface area contributed by atoms with Crippen LogP contribution in [-0.4, -0.2) is 18.4 Å². The van der Waals surface area contributed by atoms with Gasteiger partial charge in [0.05, 0.1) is 6.61 Å². The van der Waals surface area contributed by atoms with Crippen LogP contribution in [0.5, 0.6) is 0 Å². The molecule has 0 fully saturated rings. The number of hydrogen-bond donors (Lipinski definition) is 0. The molecule has 0 unspecified atom stereocenters. The van der Waals surface area contributed by atoms with Gasteiger partial charge in [0.2, 0.25) is 0 Å². The number of hydrogen-bond acceptors (Lipinski definition) is 3. The Kier molecular flexibility index (Phi) is 3.09. The Labute approximate surface area is 100 Å². The highest BCUT2D eigenvalue weighted by molar-refractivity contribution is 6.13. The number of benzene rings is 1. The maximum absolute atomic E-state index is 12.2. The molecule has 0 bridgehead atoms. The molecule has 88 valence electrons. The van der Waals surface area contributed by atoms with E-state index in [0.29, 0.717) is 29.7 Å². The average molecular weight is 230 g/mol. The molecule has 0 aliphatic carbocycles. The number of ketones is 1. The van der Waals surface area contributed by atoms with Crippen LogP contribution >= 0.6 is 0 Å². The van der Waals surface area contributed by atoms with Crippen molar-refractivity contribution in [1.82, 2.24) is 0 Å². The minimum Gasteiger partial charge on any atom is -0.462 e. The first-order valence-corrected chi connectivity index (χ1v) is 5.58. The predicted molar refractivity (Wildman–Crippen MR) is 63.8 cm³/mol. The van der Waals surface area contributed by atoms with Crippen LogP contribution in [0.15, 0.2) is 35.4 Å². The van der Waals surface area contributed by atoms with Crippen molar-refractivity contribution >= 4 is 11.8 Å². The van der Waals surface area contributed by atoms with Crippen LogP contribution in [0.1, 0.15) is 29.3 Å². The number of rotatable bonds is 2. The summed E-state index contributed by atoms with van der Waals surface area (Å²) >= 11 is 0. The molecule has 17 heavy (non-hydrogen) atoms. The summed E-state index contributed by atoms with van der Waals surface area (Å²) in [6.07, 6.45) is 0.504. The molecule has 3 nitrogen and oxygen atoms in total. The molecule has 2 rings (SSSR count). The summed E-state index contributed by atoms with van der Waals surface area (Å²) in [5.41, 5.74) is 2.74. The summed E-state index contributed by atoms with van der Waals surface area (Å²) in [6.45, 7) is 3.91. The van der Waals surface area contributed by atoms with Gasteiger partial charge in [-0.1, -0.05) is 29.8 Å².